The summed E-state index contributed by atoms with van der Waals surface area (Å²) in [4.78, 5) is 8.47. The van der Waals surface area contributed by atoms with E-state index in [-0.39, 0.29) is 5.54 Å². The molecule has 1 heterocycles. The molecule has 0 aliphatic rings. The summed E-state index contributed by atoms with van der Waals surface area (Å²) in [7, 11) is 0. The standard InChI is InChI=1S/C13H23N3/c1-10-12(11(2)15-9-14-10)7-6-8-16-13(3,4)5/h9,16H,6-8H2,1-5H3. The van der Waals surface area contributed by atoms with Gasteiger partial charge in [-0.15, -0.1) is 0 Å². The third kappa shape index (κ3) is 4.27. The molecule has 0 saturated carbocycles. The van der Waals surface area contributed by atoms with Crippen molar-refractivity contribution in [3.8, 4) is 0 Å². The molecule has 90 valence electrons. The summed E-state index contributed by atoms with van der Waals surface area (Å²) >= 11 is 0. The highest BCUT2D eigenvalue weighted by Crippen LogP contribution is 2.10. The van der Waals surface area contributed by atoms with Crippen molar-refractivity contribution < 1.29 is 0 Å². The zero-order valence-electron chi connectivity index (χ0n) is 11.1. The SMILES string of the molecule is Cc1ncnc(C)c1CCCNC(C)(C)C. The fourth-order valence-electron chi connectivity index (χ4n) is 1.71. The molecule has 0 aromatic carbocycles. The second-order valence-corrected chi connectivity index (χ2v) is 5.30. The third-order valence-corrected chi connectivity index (χ3v) is 2.64. The maximum Gasteiger partial charge on any atom is 0.115 e. The van der Waals surface area contributed by atoms with Gasteiger partial charge in [0.15, 0.2) is 0 Å². The van der Waals surface area contributed by atoms with Crippen LogP contribution in [0.2, 0.25) is 0 Å². The van der Waals surface area contributed by atoms with Crippen molar-refractivity contribution >= 4 is 0 Å². The zero-order chi connectivity index (χ0) is 12.2. The van der Waals surface area contributed by atoms with Gasteiger partial charge in [-0.3, -0.25) is 0 Å². The van der Waals surface area contributed by atoms with Crippen molar-refractivity contribution in [1.29, 1.82) is 0 Å². The molecule has 0 spiro atoms. The first-order valence-corrected chi connectivity index (χ1v) is 5.92. The number of nitrogens with one attached hydrogen (secondary N) is 1. The molecule has 0 bridgehead atoms. The van der Waals surface area contributed by atoms with E-state index < -0.39 is 0 Å². The number of aromatic nitrogens is 2. The predicted octanol–water partition coefficient (Wildman–Crippen LogP) is 2.41. The van der Waals surface area contributed by atoms with Gasteiger partial charge in [-0.2, -0.15) is 0 Å². The molecule has 0 aliphatic carbocycles. The summed E-state index contributed by atoms with van der Waals surface area (Å²) in [5.74, 6) is 0. The van der Waals surface area contributed by atoms with Gasteiger partial charge in [0.05, 0.1) is 0 Å². The zero-order valence-corrected chi connectivity index (χ0v) is 11.1. The normalized spacial score (nSPS) is 11.8. The van der Waals surface area contributed by atoms with Gasteiger partial charge in [-0.1, -0.05) is 0 Å². The van der Waals surface area contributed by atoms with E-state index in [1.807, 2.05) is 0 Å². The van der Waals surface area contributed by atoms with Crippen LogP contribution in [-0.2, 0) is 6.42 Å². The van der Waals surface area contributed by atoms with Crippen molar-refractivity contribution in [3.63, 3.8) is 0 Å². The molecule has 3 heteroatoms. The van der Waals surface area contributed by atoms with Crippen LogP contribution in [0.15, 0.2) is 6.33 Å². The number of nitrogens with zero attached hydrogens (tertiary/aromatic N) is 2. The van der Waals surface area contributed by atoms with Crippen LogP contribution in [0.4, 0.5) is 0 Å². The van der Waals surface area contributed by atoms with Gasteiger partial charge in [0, 0.05) is 16.9 Å². The minimum atomic E-state index is 0.206. The van der Waals surface area contributed by atoms with E-state index in [1.165, 1.54) is 5.56 Å². The summed E-state index contributed by atoms with van der Waals surface area (Å²) < 4.78 is 0. The largest absolute Gasteiger partial charge is 0.312 e. The Morgan fingerprint density at radius 1 is 1.12 bits per heavy atom. The Labute approximate surface area is 98.7 Å². The van der Waals surface area contributed by atoms with E-state index in [1.54, 1.807) is 6.33 Å². The van der Waals surface area contributed by atoms with Crippen LogP contribution in [0.3, 0.4) is 0 Å². The van der Waals surface area contributed by atoms with Crippen molar-refractivity contribution in [1.82, 2.24) is 15.3 Å². The number of rotatable bonds is 4. The minimum Gasteiger partial charge on any atom is -0.312 e. The van der Waals surface area contributed by atoms with Gasteiger partial charge >= 0.3 is 0 Å². The summed E-state index contributed by atoms with van der Waals surface area (Å²) in [5.41, 5.74) is 3.74. The van der Waals surface area contributed by atoms with E-state index in [9.17, 15) is 0 Å². The molecule has 1 aromatic rings. The van der Waals surface area contributed by atoms with E-state index in [0.717, 1.165) is 30.8 Å². The molecule has 3 nitrogen and oxygen atoms in total. The average molecular weight is 221 g/mol. The first-order valence-electron chi connectivity index (χ1n) is 5.92. The van der Waals surface area contributed by atoms with E-state index in [0.29, 0.717) is 0 Å². The van der Waals surface area contributed by atoms with Crippen LogP contribution < -0.4 is 5.32 Å². The monoisotopic (exact) mass is 221 g/mol. The molecular formula is C13H23N3. The van der Waals surface area contributed by atoms with Crippen LogP contribution in [0, 0.1) is 13.8 Å². The molecular weight excluding hydrogens is 198 g/mol. The summed E-state index contributed by atoms with van der Waals surface area (Å²) in [6, 6.07) is 0. The van der Waals surface area contributed by atoms with E-state index in [2.05, 4.69) is 49.9 Å². The third-order valence-electron chi connectivity index (χ3n) is 2.64. The summed E-state index contributed by atoms with van der Waals surface area (Å²) in [5, 5.41) is 3.49. The maximum absolute atomic E-state index is 4.24. The molecule has 0 unspecified atom stereocenters. The first kappa shape index (κ1) is 13.1. The lowest BCUT2D eigenvalue weighted by molar-refractivity contribution is 0.422. The Balaban J connectivity index is 2.43. The van der Waals surface area contributed by atoms with Crippen LogP contribution in [0.25, 0.3) is 0 Å². The number of hydrogen-bond donors (Lipinski definition) is 1. The van der Waals surface area contributed by atoms with Gasteiger partial charge in [-0.05, 0) is 59.6 Å². The number of hydrogen-bond acceptors (Lipinski definition) is 3. The van der Waals surface area contributed by atoms with Gasteiger partial charge in [-0.25, -0.2) is 9.97 Å². The smallest absolute Gasteiger partial charge is 0.115 e. The average Bonchev–Trinajstić information content (AvgIpc) is 2.14. The topological polar surface area (TPSA) is 37.8 Å². The lowest BCUT2D eigenvalue weighted by atomic mass is 10.1. The molecule has 0 saturated heterocycles. The Morgan fingerprint density at radius 2 is 1.69 bits per heavy atom. The molecule has 16 heavy (non-hydrogen) atoms. The highest BCUT2D eigenvalue weighted by atomic mass is 14.9. The maximum atomic E-state index is 4.24. The fourth-order valence-corrected chi connectivity index (χ4v) is 1.71. The second-order valence-electron chi connectivity index (χ2n) is 5.30. The fraction of sp³-hybridized carbons (Fsp3) is 0.692. The lowest BCUT2D eigenvalue weighted by Gasteiger charge is -2.20. The highest BCUT2D eigenvalue weighted by Gasteiger charge is 2.08. The molecule has 1 rings (SSSR count). The quantitative estimate of drug-likeness (QED) is 0.793. The van der Waals surface area contributed by atoms with E-state index in [4.69, 9.17) is 0 Å². The molecule has 0 aliphatic heterocycles. The molecule has 0 radical (unpaired) electrons. The number of aryl methyl sites for hydroxylation is 2. The van der Waals surface area contributed by atoms with Gasteiger partial charge in [0.25, 0.3) is 0 Å². The van der Waals surface area contributed by atoms with Crippen LogP contribution in [-0.4, -0.2) is 22.1 Å². The van der Waals surface area contributed by atoms with E-state index >= 15 is 0 Å². The van der Waals surface area contributed by atoms with Gasteiger partial charge < -0.3 is 5.32 Å². The van der Waals surface area contributed by atoms with Crippen LogP contribution in [0.5, 0.6) is 0 Å². The van der Waals surface area contributed by atoms with Gasteiger partial charge in [0.2, 0.25) is 0 Å². The molecule has 1 N–H and O–H groups in total. The molecule has 0 atom stereocenters. The summed E-state index contributed by atoms with van der Waals surface area (Å²) in [6.07, 6.45) is 3.83. The lowest BCUT2D eigenvalue weighted by Crippen LogP contribution is -2.36. The predicted molar refractivity (Wildman–Crippen MR) is 67.6 cm³/mol. The van der Waals surface area contributed by atoms with Crippen molar-refractivity contribution in [3.05, 3.63) is 23.3 Å². The van der Waals surface area contributed by atoms with Crippen molar-refractivity contribution in [2.45, 2.75) is 53.0 Å². The van der Waals surface area contributed by atoms with Crippen LogP contribution >= 0.6 is 0 Å². The summed E-state index contributed by atoms with van der Waals surface area (Å²) in [6.45, 7) is 11.7. The Kier molecular flexibility index (Phi) is 4.42. The second kappa shape index (κ2) is 5.39. The molecule has 0 fully saturated rings. The Morgan fingerprint density at radius 3 is 2.19 bits per heavy atom. The van der Waals surface area contributed by atoms with Crippen molar-refractivity contribution in [2.75, 3.05) is 6.54 Å². The molecule has 1 aromatic heterocycles. The Bertz CT molecular complexity index is 319. The highest BCUT2D eigenvalue weighted by molar-refractivity contribution is 5.22. The van der Waals surface area contributed by atoms with Crippen LogP contribution in [0.1, 0.15) is 44.1 Å². The molecule has 0 amide bonds. The van der Waals surface area contributed by atoms with Crippen molar-refractivity contribution in [2.24, 2.45) is 0 Å². The Hall–Kier alpha value is -0.960. The minimum absolute atomic E-state index is 0.206. The first-order chi connectivity index (χ1) is 7.40. The van der Waals surface area contributed by atoms with Gasteiger partial charge in [0.1, 0.15) is 6.33 Å².